The van der Waals surface area contributed by atoms with Crippen LogP contribution in [0, 0.1) is 5.82 Å². The molecule has 0 aliphatic carbocycles. The molecule has 0 spiro atoms. The van der Waals surface area contributed by atoms with Gasteiger partial charge in [-0.25, -0.2) is 13.6 Å². The van der Waals surface area contributed by atoms with Crippen LogP contribution in [0.25, 0.3) is 21.3 Å². The number of pyridine rings is 1. The summed E-state index contributed by atoms with van der Waals surface area (Å²) in [7, 11) is -1.67. The van der Waals surface area contributed by atoms with Crippen molar-refractivity contribution in [3.8, 4) is 11.1 Å². The van der Waals surface area contributed by atoms with Gasteiger partial charge in [-0.3, -0.25) is 14.5 Å². The van der Waals surface area contributed by atoms with Crippen LogP contribution in [-0.4, -0.2) is 20.1 Å². The largest absolute Gasteiger partial charge is 0.274 e. The lowest BCUT2D eigenvalue weighted by Crippen LogP contribution is -2.25. The number of benzene rings is 1. The zero-order valence-corrected chi connectivity index (χ0v) is 14.4. The summed E-state index contributed by atoms with van der Waals surface area (Å²) in [5.41, 5.74) is 2.06. The first-order valence-corrected chi connectivity index (χ1v) is 9.26. The second kappa shape index (κ2) is 7.14. The molecule has 3 aromatic rings. The average molecular weight is 363 g/mol. The third kappa shape index (κ3) is 3.65. The second-order valence-electron chi connectivity index (χ2n) is 5.10. The summed E-state index contributed by atoms with van der Waals surface area (Å²) < 4.78 is 29.1. The minimum Gasteiger partial charge on any atom is -0.274 e. The normalized spacial score (nSPS) is 12.2. The van der Waals surface area contributed by atoms with Crippen LogP contribution in [0.1, 0.15) is 19.8 Å². The maximum Gasteiger partial charge on any atom is 0.231 e. The van der Waals surface area contributed by atoms with Crippen LogP contribution in [0.2, 0.25) is 0 Å². The van der Waals surface area contributed by atoms with E-state index in [0.29, 0.717) is 28.3 Å². The van der Waals surface area contributed by atoms with Gasteiger partial charge in [0, 0.05) is 18.2 Å². The molecule has 124 valence electrons. The molecular formula is C16H14FN3O2S2. The summed E-state index contributed by atoms with van der Waals surface area (Å²) in [5.74, 6) is -0.673. The molecule has 0 aliphatic heterocycles. The van der Waals surface area contributed by atoms with E-state index < -0.39 is 16.8 Å². The minimum absolute atomic E-state index is 0.262. The maximum atomic E-state index is 13.3. The van der Waals surface area contributed by atoms with Crippen LogP contribution >= 0.6 is 11.3 Å². The summed E-state index contributed by atoms with van der Waals surface area (Å²) in [4.78, 5) is 19.7. The summed E-state index contributed by atoms with van der Waals surface area (Å²) >= 11 is 1.26. The number of amides is 1. The molecule has 1 amide bonds. The van der Waals surface area contributed by atoms with Crippen LogP contribution in [-0.2, 0) is 15.8 Å². The van der Waals surface area contributed by atoms with Gasteiger partial charge in [-0.15, -0.1) is 11.3 Å². The molecule has 0 fully saturated rings. The molecule has 2 heterocycles. The van der Waals surface area contributed by atoms with E-state index in [1.54, 1.807) is 12.3 Å². The van der Waals surface area contributed by atoms with Crippen LogP contribution in [0.4, 0.5) is 4.39 Å². The second-order valence-corrected chi connectivity index (χ2v) is 7.52. The van der Waals surface area contributed by atoms with Crippen molar-refractivity contribution in [1.29, 1.82) is 0 Å². The summed E-state index contributed by atoms with van der Waals surface area (Å²) in [5, 5.41) is 0. The molecule has 5 nitrogen and oxygen atoms in total. The highest BCUT2D eigenvalue weighted by Crippen LogP contribution is 2.29. The highest BCUT2D eigenvalue weighted by molar-refractivity contribution is 7.86. The zero-order valence-electron chi connectivity index (χ0n) is 12.8. The number of nitrogens with zero attached hydrogens (tertiary/aromatic N) is 2. The van der Waals surface area contributed by atoms with Crippen LogP contribution in [0.3, 0.4) is 0 Å². The van der Waals surface area contributed by atoms with E-state index in [1.165, 1.54) is 17.4 Å². The van der Waals surface area contributed by atoms with Crippen LogP contribution in [0.5, 0.6) is 0 Å². The van der Waals surface area contributed by atoms with Crippen molar-refractivity contribution in [2.45, 2.75) is 24.1 Å². The molecule has 2 aromatic heterocycles. The molecule has 1 unspecified atom stereocenters. The number of halogens is 1. The molecule has 24 heavy (non-hydrogen) atoms. The molecule has 8 heteroatoms. The first-order chi connectivity index (χ1) is 11.6. The van der Waals surface area contributed by atoms with Crippen molar-refractivity contribution in [2.75, 3.05) is 0 Å². The van der Waals surface area contributed by atoms with Gasteiger partial charge >= 0.3 is 0 Å². The van der Waals surface area contributed by atoms with Gasteiger partial charge in [0.05, 0.1) is 16.4 Å². The number of aromatic nitrogens is 2. The Kier molecular flexibility index (Phi) is 4.96. The lowest BCUT2D eigenvalue weighted by atomic mass is 10.1. The van der Waals surface area contributed by atoms with E-state index >= 15 is 0 Å². The van der Waals surface area contributed by atoms with Gasteiger partial charge in [0.25, 0.3) is 0 Å². The van der Waals surface area contributed by atoms with Gasteiger partial charge in [0.15, 0.2) is 11.0 Å². The predicted molar refractivity (Wildman–Crippen MR) is 92.3 cm³/mol. The predicted octanol–water partition coefficient (Wildman–Crippen LogP) is 3.44. The van der Waals surface area contributed by atoms with E-state index in [-0.39, 0.29) is 5.91 Å². The van der Waals surface area contributed by atoms with Crippen molar-refractivity contribution in [3.63, 3.8) is 0 Å². The van der Waals surface area contributed by atoms with E-state index in [4.69, 9.17) is 0 Å². The molecule has 0 radical (unpaired) electrons. The van der Waals surface area contributed by atoms with Gasteiger partial charge < -0.3 is 0 Å². The van der Waals surface area contributed by atoms with E-state index in [1.807, 2.05) is 19.1 Å². The van der Waals surface area contributed by atoms with Crippen molar-refractivity contribution in [2.24, 2.45) is 0 Å². The average Bonchev–Trinajstić information content (AvgIpc) is 2.98. The third-order valence-corrected chi connectivity index (χ3v) is 5.61. The van der Waals surface area contributed by atoms with Crippen molar-refractivity contribution >= 4 is 38.4 Å². The Morgan fingerprint density at radius 1 is 1.29 bits per heavy atom. The standard InChI is InChI=1S/C16H14FN3O2S2/c1-2-3-15(21)20-24(22)16-19-13-7-10(4-5-14(13)23-16)11-6-12(17)9-18-8-11/h4-9H,2-3H2,1H3,(H,20,21). The van der Waals surface area contributed by atoms with Crippen LogP contribution in [0.15, 0.2) is 41.0 Å². The number of carbonyl (C=O) groups is 1. The molecule has 0 saturated carbocycles. The fourth-order valence-electron chi connectivity index (χ4n) is 2.16. The molecule has 1 aromatic carbocycles. The Labute approximate surface area is 144 Å². The first kappa shape index (κ1) is 16.7. The topological polar surface area (TPSA) is 72.0 Å². The minimum atomic E-state index is -1.67. The smallest absolute Gasteiger partial charge is 0.231 e. The van der Waals surface area contributed by atoms with E-state index in [2.05, 4.69) is 14.7 Å². The van der Waals surface area contributed by atoms with E-state index in [9.17, 15) is 13.4 Å². The maximum absolute atomic E-state index is 13.3. The highest BCUT2D eigenvalue weighted by Gasteiger charge is 2.14. The first-order valence-electron chi connectivity index (χ1n) is 7.29. The van der Waals surface area contributed by atoms with Crippen molar-refractivity contribution < 1.29 is 13.4 Å². The lowest BCUT2D eigenvalue weighted by molar-refractivity contribution is -0.119. The Bertz CT molecular complexity index is 927. The monoisotopic (exact) mass is 363 g/mol. The van der Waals surface area contributed by atoms with Crippen molar-refractivity contribution in [1.82, 2.24) is 14.7 Å². The molecule has 3 rings (SSSR count). The summed E-state index contributed by atoms with van der Waals surface area (Å²) in [6.45, 7) is 1.88. The number of fused-ring (bicyclic) bond motifs is 1. The molecule has 1 atom stereocenters. The van der Waals surface area contributed by atoms with Gasteiger partial charge in [-0.1, -0.05) is 13.0 Å². The molecule has 0 aliphatic rings. The van der Waals surface area contributed by atoms with Gasteiger partial charge in [-0.05, 0) is 30.2 Å². The zero-order chi connectivity index (χ0) is 17.1. The SMILES string of the molecule is CCCC(=O)NS(=O)c1nc2cc(-c3cncc(F)c3)ccc2s1. The van der Waals surface area contributed by atoms with Crippen molar-refractivity contribution in [3.05, 3.63) is 42.5 Å². The Hall–Kier alpha value is -2.19. The lowest BCUT2D eigenvalue weighted by Gasteiger charge is -2.00. The molecule has 0 saturated heterocycles. The highest BCUT2D eigenvalue weighted by atomic mass is 32.2. The Morgan fingerprint density at radius 3 is 2.88 bits per heavy atom. The summed E-state index contributed by atoms with van der Waals surface area (Å²) in [6, 6.07) is 6.85. The van der Waals surface area contributed by atoms with Gasteiger partial charge in [0.1, 0.15) is 5.82 Å². The van der Waals surface area contributed by atoms with Gasteiger partial charge in [-0.2, -0.15) is 0 Å². The number of thiazole rings is 1. The Balaban J connectivity index is 1.89. The number of hydrogen-bond donors (Lipinski definition) is 1. The van der Waals surface area contributed by atoms with Gasteiger partial charge in [0.2, 0.25) is 10.2 Å². The molecule has 1 N–H and O–H groups in total. The number of hydrogen-bond acceptors (Lipinski definition) is 5. The summed E-state index contributed by atoms with van der Waals surface area (Å²) in [6.07, 6.45) is 3.73. The quantitative estimate of drug-likeness (QED) is 0.754. The fraction of sp³-hybridized carbons (Fsp3) is 0.188. The van der Waals surface area contributed by atoms with Crippen LogP contribution < -0.4 is 4.72 Å². The third-order valence-electron chi connectivity index (χ3n) is 3.25. The number of nitrogens with one attached hydrogen (secondary N) is 1. The fourth-order valence-corrected chi connectivity index (χ4v) is 4.11. The number of rotatable bonds is 5. The number of carbonyl (C=O) groups excluding carboxylic acids is 1. The molecular weight excluding hydrogens is 349 g/mol. The molecule has 0 bridgehead atoms. The van der Waals surface area contributed by atoms with E-state index in [0.717, 1.165) is 16.5 Å². The Morgan fingerprint density at radius 2 is 2.12 bits per heavy atom.